The number of benzene rings is 3. The highest BCUT2D eigenvalue weighted by Gasteiger charge is 2.12. The Kier molecular flexibility index (Phi) is 5.20. The van der Waals surface area contributed by atoms with Gasteiger partial charge in [0.05, 0.1) is 16.6 Å². The fourth-order valence-electron chi connectivity index (χ4n) is 4.02. The molecule has 6 nitrogen and oxygen atoms in total. The minimum atomic E-state index is 0.489. The Morgan fingerprint density at radius 3 is 2.56 bits per heavy atom. The fraction of sp³-hybridized carbons (Fsp3) is 0.0741. The SMILES string of the molecule is Clc1ccc(OCc2ccccc2)c(Cc2cccc(-c3nc4cc5c[nH][nH]c5cc4n3)n2)c1. The maximum absolute atomic E-state index is 6.31. The van der Waals surface area contributed by atoms with Gasteiger partial charge in [0.2, 0.25) is 0 Å². The molecule has 0 aliphatic rings. The van der Waals surface area contributed by atoms with E-state index >= 15 is 0 Å². The van der Waals surface area contributed by atoms with Crippen LogP contribution < -0.4 is 4.74 Å². The Bertz CT molecular complexity index is 1560. The molecule has 0 saturated carbocycles. The highest BCUT2D eigenvalue weighted by atomic mass is 35.5. The molecule has 6 aromatic rings. The Labute approximate surface area is 200 Å². The van der Waals surface area contributed by atoms with Crippen molar-refractivity contribution in [2.75, 3.05) is 0 Å². The van der Waals surface area contributed by atoms with Gasteiger partial charge in [0.25, 0.3) is 0 Å². The van der Waals surface area contributed by atoms with Gasteiger partial charge >= 0.3 is 0 Å². The van der Waals surface area contributed by atoms with Gasteiger partial charge in [-0.3, -0.25) is 0 Å². The lowest BCUT2D eigenvalue weighted by atomic mass is 10.1. The third kappa shape index (κ3) is 4.11. The lowest BCUT2D eigenvalue weighted by Crippen LogP contribution is -2.01. The number of imidazole rings is 1. The average Bonchev–Trinajstić information content (AvgIpc) is 3.49. The number of aromatic amines is 2. The molecule has 0 bridgehead atoms. The van der Waals surface area contributed by atoms with Crippen molar-refractivity contribution in [2.24, 2.45) is 0 Å². The zero-order valence-electron chi connectivity index (χ0n) is 18.1. The molecule has 0 spiro atoms. The summed E-state index contributed by atoms with van der Waals surface area (Å²) in [5.41, 5.74) is 6.37. The minimum absolute atomic E-state index is 0.489. The molecular weight excluding hydrogens is 446 g/mol. The molecule has 0 aliphatic carbocycles. The number of halogens is 1. The summed E-state index contributed by atoms with van der Waals surface area (Å²) in [4.78, 5) is 14.3. The van der Waals surface area contributed by atoms with Crippen molar-refractivity contribution in [3.63, 3.8) is 0 Å². The van der Waals surface area contributed by atoms with Crippen molar-refractivity contribution < 1.29 is 4.74 Å². The van der Waals surface area contributed by atoms with Gasteiger partial charge in [0.15, 0.2) is 5.82 Å². The van der Waals surface area contributed by atoms with Crippen molar-refractivity contribution >= 4 is 33.5 Å². The summed E-state index contributed by atoms with van der Waals surface area (Å²) in [6, 6.07) is 25.7. The van der Waals surface area contributed by atoms with E-state index in [1.807, 2.05) is 85.1 Å². The second-order valence-corrected chi connectivity index (χ2v) is 8.54. The molecule has 7 heteroatoms. The fourth-order valence-corrected chi connectivity index (χ4v) is 4.21. The van der Waals surface area contributed by atoms with E-state index in [9.17, 15) is 0 Å². The second kappa shape index (κ2) is 8.65. The van der Waals surface area contributed by atoms with E-state index in [-0.39, 0.29) is 0 Å². The van der Waals surface area contributed by atoms with Gasteiger partial charge in [-0.2, -0.15) is 0 Å². The van der Waals surface area contributed by atoms with Crippen LogP contribution in [0.5, 0.6) is 5.75 Å². The summed E-state index contributed by atoms with van der Waals surface area (Å²) in [5.74, 6) is 1.41. The summed E-state index contributed by atoms with van der Waals surface area (Å²) in [7, 11) is 0. The predicted octanol–water partition coefficient (Wildman–Crippen LogP) is 6.32. The topological polar surface area (TPSA) is 79.5 Å². The van der Waals surface area contributed by atoms with Crippen molar-refractivity contribution in [1.82, 2.24) is 25.1 Å². The standard InChI is InChI=1S/C27H20ClN5O/c28-20-9-10-26(34-16-17-5-2-1-3-6-17)18(11-20)12-21-7-4-8-22(30-21)27-31-24-13-19-15-29-33-23(19)14-25(24)32-27/h1-11,13-15,29,33H,12,16H2. The predicted molar refractivity (Wildman–Crippen MR) is 134 cm³/mol. The van der Waals surface area contributed by atoms with Gasteiger partial charge in [-0.15, -0.1) is 0 Å². The molecule has 0 fully saturated rings. The third-order valence-electron chi connectivity index (χ3n) is 5.70. The quantitative estimate of drug-likeness (QED) is 0.301. The normalized spacial score (nSPS) is 11.3. The summed E-state index contributed by atoms with van der Waals surface area (Å²) in [5, 5.41) is 7.81. The van der Waals surface area contributed by atoms with E-state index in [2.05, 4.69) is 10.2 Å². The summed E-state index contributed by atoms with van der Waals surface area (Å²) in [6.07, 6.45) is 2.49. The van der Waals surface area contributed by atoms with Crippen molar-refractivity contribution in [1.29, 1.82) is 0 Å². The molecule has 0 radical (unpaired) electrons. The number of pyridine rings is 1. The molecule has 0 unspecified atom stereocenters. The van der Waals surface area contributed by atoms with Crippen LogP contribution >= 0.6 is 11.6 Å². The van der Waals surface area contributed by atoms with Gasteiger partial charge in [-0.1, -0.05) is 48.0 Å². The zero-order chi connectivity index (χ0) is 22.9. The number of hydrogen-bond acceptors (Lipinski definition) is 4. The molecule has 0 amide bonds. The minimum Gasteiger partial charge on any atom is -0.489 e. The van der Waals surface area contributed by atoms with E-state index in [1.165, 1.54) is 0 Å². The number of ether oxygens (including phenoxy) is 1. The van der Waals surface area contributed by atoms with Crippen LogP contribution in [-0.4, -0.2) is 25.1 Å². The number of aromatic nitrogens is 5. The van der Waals surface area contributed by atoms with Crippen LogP contribution in [0.4, 0.5) is 0 Å². The van der Waals surface area contributed by atoms with Gasteiger partial charge in [0.1, 0.15) is 18.1 Å². The van der Waals surface area contributed by atoms with Gasteiger partial charge < -0.3 is 14.9 Å². The Morgan fingerprint density at radius 2 is 1.68 bits per heavy atom. The van der Waals surface area contributed by atoms with E-state index in [0.717, 1.165) is 50.2 Å². The number of nitrogens with one attached hydrogen (secondary N) is 2. The largest absolute Gasteiger partial charge is 0.489 e. The maximum Gasteiger partial charge on any atom is 0.179 e. The molecule has 3 heterocycles. The highest BCUT2D eigenvalue weighted by Crippen LogP contribution is 2.27. The lowest BCUT2D eigenvalue weighted by Gasteiger charge is -2.12. The van der Waals surface area contributed by atoms with Gasteiger partial charge in [0, 0.05) is 34.3 Å². The molecule has 0 atom stereocenters. The molecule has 2 N–H and O–H groups in total. The summed E-state index contributed by atoms with van der Waals surface area (Å²) >= 11 is 6.31. The molecular formula is C27H20ClN5O. The number of H-pyrrole nitrogens is 2. The first-order valence-corrected chi connectivity index (χ1v) is 11.3. The number of rotatable bonds is 6. The van der Waals surface area contributed by atoms with Crippen LogP contribution in [0.25, 0.3) is 33.5 Å². The highest BCUT2D eigenvalue weighted by molar-refractivity contribution is 6.30. The molecule has 34 heavy (non-hydrogen) atoms. The molecule has 3 aromatic heterocycles. The monoisotopic (exact) mass is 465 g/mol. The number of nitrogens with zero attached hydrogens (tertiary/aromatic N) is 3. The second-order valence-electron chi connectivity index (χ2n) is 8.11. The molecule has 0 saturated heterocycles. The zero-order valence-corrected chi connectivity index (χ0v) is 18.9. The first-order chi connectivity index (χ1) is 16.7. The smallest absolute Gasteiger partial charge is 0.179 e. The Hall–Kier alpha value is -4.16. The Balaban J connectivity index is 1.28. The molecule has 166 valence electrons. The number of fused-ring (bicyclic) bond motifs is 2. The van der Waals surface area contributed by atoms with E-state index in [4.69, 9.17) is 31.3 Å². The van der Waals surface area contributed by atoms with Crippen LogP contribution in [0.15, 0.2) is 85.1 Å². The van der Waals surface area contributed by atoms with Gasteiger partial charge in [-0.05, 0) is 48.0 Å². The molecule has 0 aliphatic heterocycles. The van der Waals surface area contributed by atoms with Crippen LogP contribution in [0.2, 0.25) is 5.02 Å². The van der Waals surface area contributed by atoms with E-state index < -0.39 is 0 Å². The summed E-state index contributed by atoms with van der Waals surface area (Å²) < 4.78 is 6.12. The molecule has 3 aromatic carbocycles. The van der Waals surface area contributed by atoms with E-state index in [0.29, 0.717) is 23.9 Å². The maximum atomic E-state index is 6.31. The van der Waals surface area contributed by atoms with Crippen LogP contribution in [0, 0.1) is 0 Å². The van der Waals surface area contributed by atoms with Crippen molar-refractivity contribution in [3.8, 4) is 17.3 Å². The Morgan fingerprint density at radius 1 is 0.824 bits per heavy atom. The van der Waals surface area contributed by atoms with Crippen molar-refractivity contribution in [2.45, 2.75) is 13.0 Å². The summed E-state index contributed by atoms with van der Waals surface area (Å²) in [6.45, 7) is 0.489. The molecule has 6 rings (SSSR count). The average molecular weight is 466 g/mol. The van der Waals surface area contributed by atoms with Crippen LogP contribution in [0.1, 0.15) is 16.8 Å². The first kappa shape index (κ1) is 20.4. The van der Waals surface area contributed by atoms with E-state index in [1.54, 1.807) is 0 Å². The van der Waals surface area contributed by atoms with Gasteiger partial charge in [-0.25, -0.2) is 15.0 Å². The van der Waals surface area contributed by atoms with Crippen LogP contribution in [-0.2, 0) is 13.0 Å². The van der Waals surface area contributed by atoms with Crippen LogP contribution in [0.3, 0.4) is 0 Å². The first-order valence-electron chi connectivity index (χ1n) is 11.0. The van der Waals surface area contributed by atoms with Crippen molar-refractivity contribution in [3.05, 3.63) is 107 Å². The lowest BCUT2D eigenvalue weighted by molar-refractivity contribution is 0.303. The number of hydrogen-bond donors (Lipinski definition) is 2. The third-order valence-corrected chi connectivity index (χ3v) is 5.94.